The quantitative estimate of drug-likeness (QED) is 0.586. The fourth-order valence-corrected chi connectivity index (χ4v) is 2.79. The van der Waals surface area contributed by atoms with Crippen molar-refractivity contribution in [2.45, 2.75) is 25.7 Å². The highest BCUT2D eigenvalue weighted by Gasteiger charge is 2.13. The molecule has 2 aromatic carbocycles. The standard InChI is InChI=1S/C22H26O2/c1-7-15(3)19-13-17(9-11-21(19)23-5)18-10-12-22(24-6)20(14-18)16(4)8-2/h7-16H,1-2H2,3-6H3. The van der Waals surface area contributed by atoms with E-state index in [-0.39, 0.29) is 11.8 Å². The van der Waals surface area contributed by atoms with Crippen LogP contribution in [-0.2, 0) is 0 Å². The van der Waals surface area contributed by atoms with Gasteiger partial charge in [-0.15, -0.1) is 13.2 Å². The van der Waals surface area contributed by atoms with Crippen LogP contribution >= 0.6 is 0 Å². The van der Waals surface area contributed by atoms with Gasteiger partial charge in [-0.1, -0.05) is 38.1 Å². The van der Waals surface area contributed by atoms with Crippen LogP contribution in [0.1, 0.15) is 36.8 Å². The van der Waals surface area contributed by atoms with Gasteiger partial charge in [0.1, 0.15) is 11.5 Å². The van der Waals surface area contributed by atoms with Crippen molar-refractivity contribution < 1.29 is 9.47 Å². The Morgan fingerprint density at radius 1 is 0.750 bits per heavy atom. The Morgan fingerprint density at radius 3 is 1.42 bits per heavy atom. The fourth-order valence-electron chi connectivity index (χ4n) is 2.79. The molecule has 0 fully saturated rings. The molecule has 2 heteroatoms. The van der Waals surface area contributed by atoms with Crippen LogP contribution in [0.2, 0.25) is 0 Å². The lowest BCUT2D eigenvalue weighted by molar-refractivity contribution is 0.408. The van der Waals surface area contributed by atoms with Gasteiger partial charge in [0.2, 0.25) is 0 Å². The van der Waals surface area contributed by atoms with Crippen molar-refractivity contribution in [3.63, 3.8) is 0 Å². The molecule has 126 valence electrons. The van der Waals surface area contributed by atoms with Gasteiger partial charge in [-0.3, -0.25) is 0 Å². The average Bonchev–Trinajstić information content (AvgIpc) is 2.65. The molecule has 2 unspecified atom stereocenters. The van der Waals surface area contributed by atoms with Gasteiger partial charge >= 0.3 is 0 Å². The van der Waals surface area contributed by atoms with E-state index in [0.29, 0.717) is 0 Å². The van der Waals surface area contributed by atoms with Crippen LogP contribution in [0, 0.1) is 0 Å². The Bertz CT molecular complexity index is 667. The first kappa shape index (κ1) is 17.9. The second kappa shape index (κ2) is 7.87. The van der Waals surface area contributed by atoms with Gasteiger partial charge in [0.15, 0.2) is 0 Å². The van der Waals surface area contributed by atoms with Crippen molar-refractivity contribution >= 4 is 0 Å². The normalized spacial score (nSPS) is 13.0. The number of allylic oxidation sites excluding steroid dienone is 2. The third kappa shape index (κ3) is 3.53. The molecule has 0 amide bonds. The van der Waals surface area contributed by atoms with E-state index >= 15 is 0 Å². The molecule has 0 saturated heterocycles. The Hall–Kier alpha value is -2.48. The molecule has 0 radical (unpaired) electrons. The van der Waals surface area contributed by atoms with E-state index in [1.807, 2.05) is 24.3 Å². The summed E-state index contributed by atoms with van der Waals surface area (Å²) in [4.78, 5) is 0. The van der Waals surface area contributed by atoms with Crippen LogP contribution in [0.3, 0.4) is 0 Å². The first-order valence-electron chi connectivity index (χ1n) is 8.17. The summed E-state index contributed by atoms with van der Waals surface area (Å²) >= 11 is 0. The molecule has 2 rings (SSSR count). The Labute approximate surface area is 145 Å². The Kier molecular flexibility index (Phi) is 5.86. The van der Waals surface area contributed by atoms with Crippen LogP contribution < -0.4 is 9.47 Å². The van der Waals surface area contributed by atoms with Crippen molar-refractivity contribution in [1.29, 1.82) is 0 Å². The third-order valence-electron chi connectivity index (χ3n) is 4.48. The molecule has 0 heterocycles. The van der Waals surface area contributed by atoms with Gasteiger partial charge in [-0.05, 0) is 35.4 Å². The molecule has 0 bridgehead atoms. The highest BCUT2D eigenvalue weighted by molar-refractivity contribution is 5.68. The van der Waals surface area contributed by atoms with Crippen molar-refractivity contribution in [2.24, 2.45) is 0 Å². The molecular formula is C22H26O2. The molecule has 0 N–H and O–H groups in total. The van der Waals surface area contributed by atoms with Gasteiger partial charge < -0.3 is 9.47 Å². The summed E-state index contributed by atoms with van der Waals surface area (Å²) in [5.41, 5.74) is 4.58. The molecule has 2 aromatic rings. The van der Waals surface area contributed by atoms with Crippen molar-refractivity contribution in [3.05, 3.63) is 72.8 Å². The van der Waals surface area contributed by atoms with Crippen LogP contribution in [0.15, 0.2) is 61.7 Å². The third-order valence-corrected chi connectivity index (χ3v) is 4.48. The van der Waals surface area contributed by atoms with E-state index in [2.05, 4.69) is 51.3 Å². The number of hydrogen-bond acceptors (Lipinski definition) is 2. The summed E-state index contributed by atoms with van der Waals surface area (Å²) < 4.78 is 11.0. The molecular weight excluding hydrogens is 296 g/mol. The second-order valence-corrected chi connectivity index (χ2v) is 5.96. The van der Waals surface area contributed by atoms with Crippen LogP contribution in [0.25, 0.3) is 11.1 Å². The summed E-state index contributed by atoms with van der Waals surface area (Å²) in [7, 11) is 3.40. The number of ether oxygens (including phenoxy) is 2. The van der Waals surface area contributed by atoms with Crippen molar-refractivity contribution in [3.8, 4) is 22.6 Å². The lowest BCUT2D eigenvalue weighted by Gasteiger charge is -2.17. The molecule has 2 atom stereocenters. The summed E-state index contributed by atoms with van der Waals surface area (Å²) in [6, 6.07) is 12.6. The van der Waals surface area contributed by atoms with Gasteiger partial charge in [-0.2, -0.15) is 0 Å². The Balaban J connectivity index is 2.55. The fraction of sp³-hybridized carbons (Fsp3) is 0.273. The lowest BCUT2D eigenvalue weighted by atomic mass is 9.92. The zero-order valence-corrected chi connectivity index (χ0v) is 15.0. The molecule has 2 nitrogen and oxygen atoms in total. The van der Waals surface area contributed by atoms with Crippen molar-refractivity contribution in [1.82, 2.24) is 0 Å². The van der Waals surface area contributed by atoms with Crippen molar-refractivity contribution in [2.75, 3.05) is 14.2 Å². The van der Waals surface area contributed by atoms with Gasteiger partial charge in [0, 0.05) is 23.0 Å². The minimum Gasteiger partial charge on any atom is -0.496 e. The number of rotatable bonds is 7. The minimum absolute atomic E-state index is 0.227. The zero-order chi connectivity index (χ0) is 17.7. The molecule has 0 aliphatic rings. The maximum absolute atomic E-state index is 5.49. The predicted molar refractivity (Wildman–Crippen MR) is 102 cm³/mol. The predicted octanol–water partition coefficient (Wildman–Crippen LogP) is 5.95. The second-order valence-electron chi connectivity index (χ2n) is 5.96. The maximum Gasteiger partial charge on any atom is 0.122 e. The lowest BCUT2D eigenvalue weighted by Crippen LogP contribution is -1.98. The molecule has 0 spiro atoms. The van der Waals surface area contributed by atoms with E-state index < -0.39 is 0 Å². The molecule has 0 aromatic heterocycles. The van der Waals surface area contributed by atoms with Gasteiger partial charge in [0.25, 0.3) is 0 Å². The summed E-state index contributed by atoms with van der Waals surface area (Å²) in [5.74, 6) is 2.23. The highest BCUT2D eigenvalue weighted by atomic mass is 16.5. The molecule has 0 aliphatic heterocycles. The van der Waals surface area contributed by atoms with Gasteiger partial charge in [-0.25, -0.2) is 0 Å². The first-order chi connectivity index (χ1) is 11.5. The van der Waals surface area contributed by atoms with E-state index in [1.54, 1.807) is 14.2 Å². The van der Waals surface area contributed by atoms with Crippen LogP contribution in [0.5, 0.6) is 11.5 Å². The topological polar surface area (TPSA) is 18.5 Å². The largest absolute Gasteiger partial charge is 0.496 e. The van der Waals surface area contributed by atoms with Crippen LogP contribution in [0.4, 0.5) is 0 Å². The molecule has 24 heavy (non-hydrogen) atoms. The first-order valence-corrected chi connectivity index (χ1v) is 8.17. The van der Waals surface area contributed by atoms with Gasteiger partial charge in [0.05, 0.1) is 14.2 Å². The SMILES string of the molecule is C=CC(C)c1cc(-c2ccc(OC)c(C(C)C=C)c2)ccc1OC. The number of benzene rings is 2. The average molecular weight is 322 g/mol. The summed E-state index contributed by atoms with van der Waals surface area (Å²) in [6.45, 7) is 12.0. The highest BCUT2D eigenvalue weighted by Crippen LogP contribution is 2.35. The minimum atomic E-state index is 0.227. The monoisotopic (exact) mass is 322 g/mol. The Morgan fingerprint density at radius 2 is 1.12 bits per heavy atom. The van der Waals surface area contributed by atoms with E-state index in [1.165, 1.54) is 0 Å². The maximum atomic E-state index is 5.49. The van der Waals surface area contributed by atoms with E-state index in [0.717, 1.165) is 33.8 Å². The van der Waals surface area contributed by atoms with Crippen LogP contribution in [-0.4, -0.2) is 14.2 Å². The number of hydrogen-bond donors (Lipinski definition) is 0. The summed E-state index contributed by atoms with van der Waals surface area (Å²) in [6.07, 6.45) is 3.86. The number of methoxy groups -OCH3 is 2. The zero-order valence-electron chi connectivity index (χ0n) is 15.0. The molecule has 0 aliphatic carbocycles. The van der Waals surface area contributed by atoms with E-state index in [9.17, 15) is 0 Å². The van der Waals surface area contributed by atoms with E-state index in [4.69, 9.17) is 9.47 Å². The smallest absolute Gasteiger partial charge is 0.122 e. The summed E-state index contributed by atoms with van der Waals surface area (Å²) in [5, 5.41) is 0. The molecule has 0 saturated carbocycles.